The lowest BCUT2D eigenvalue weighted by Crippen LogP contribution is -2.02. The standard InChI is InChI=1S/C9H13N.C2H6/c1-5-8(4)9(6-2)10-7-3;1-2/h5-7,10H,1-3H2,4H3;1-2H3/b9-8+;. The van der Waals surface area contributed by atoms with Crippen molar-refractivity contribution >= 4 is 0 Å². The molecular weight excluding hydrogens is 146 g/mol. The summed E-state index contributed by atoms with van der Waals surface area (Å²) in [6.07, 6.45) is 5.12. The third kappa shape index (κ3) is 5.54. The van der Waals surface area contributed by atoms with Crippen molar-refractivity contribution in [3.05, 3.63) is 49.4 Å². The van der Waals surface area contributed by atoms with E-state index in [0.717, 1.165) is 11.3 Å². The first kappa shape index (κ1) is 13.4. The molecule has 0 bridgehead atoms. The van der Waals surface area contributed by atoms with Gasteiger partial charge in [0.25, 0.3) is 0 Å². The van der Waals surface area contributed by atoms with Crippen LogP contribution in [0.1, 0.15) is 20.8 Å². The van der Waals surface area contributed by atoms with E-state index >= 15 is 0 Å². The summed E-state index contributed by atoms with van der Waals surface area (Å²) in [7, 11) is 0. The second kappa shape index (κ2) is 9.76. The SMILES string of the molecule is C=CN/C(C=C)=C(\C)C=C.CC. The predicted molar refractivity (Wildman–Crippen MR) is 57.8 cm³/mol. The maximum absolute atomic E-state index is 3.63. The van der Waals surface area contributed by atoms with Crippen molar-refractivity contribution in [2.45, 2.75) is 20.8 Å². The molecule has 0 saturated heterocycles. The van der Waals surface area contributed by atoms with E-state index in [1.165, 1.54) is 0 Å². The molecule has 0 fully saturated rings. The molecule has 0 aromatic carbocycles. The van der Waals surface area contributed by atoms with E-state index in [1.807, 2.05) is 20.8 Å². The van der Waals surface area contributed by atoms with Gasteiger partial charge in [0, 0.05) is 5.70 Å². The van der Waals surface area contributed by atoms with Gasteiger partial charge in [-0.25, -0.2) is 0 Å². The zero-order valence-corrected chi connectivity index (χ0v) is 8.35. The highest BCUT2D eigenvalue weighted by Crippen LogP contribution is 2.01. The van der Waals surface area contributed by atoms with Crippen LogP contribution in [0.2, 0.25) is 0 Å². The van der Waals surface area contributed by atoms with Crippen molar-refractivity contribution < 1.29 is 0 Å². The van der Waals surface area contributed by atoms with Gasteiger partial charge in [0.05, 0.1) is 0 Å². The second-order valence-corrected chi connectivity index (χ2v) is 1.85. The van der Waals surface area contributed by atoms with Crippen molar-refractivity contribution in [2.24, 2.45) is 0 Å². The third-order valence-corrected chi connectivity index (χ3v) is 1.19. The van der Waals surface area contributed by atoms with E-state index in [1.54, 1.807) is 18.4 Å². The number of nitrogens with one attached hydrogen (secondary N) is 1. The first-order chi connectivity index (χ1) is 5.76. The summed E-state index contributed by atoms with van der Waals surface area (Å²) in [6, 6.07) is 0. The lowest BCUT2D eigenvalue weighted by atomic mass is 10.2. The Balaban J connectivity index is 0. The van der Waals surface area contributed by atoms with Crippen LogP contribution in [0, 0.1) is 0 Å². The van der Waals surface area contributed by atoms with Crippen molar-refractivity contribution in [2.75, 3.05) is 0 Å². The molecule has 0 atom stereocenters. The van der Waals surface area contributed by atoms with Gasteiger partial charge >= 0.3 is 0 Å². The quantitative estimate of drug-likeness (QED) is 0.630. The van der Waals surface area contributed by atoms with Gasteiger partial charge in [-0.3, -0.25) is 0 Å². The molecule has 68 valence electrons. The van der Waals surface area contributed by atoms with Crippen LogP contribution < -0.4 is 5.32 Å². The summed E-state index contributed by atoms with van der Waals surface area (Å²) in [4.78, 5) is 0. The largest absolute Gasteiger partial charge is 0.362 e. The Morgan fingerprint density at radius 2 is 1.58 bits per heavy atom. The fraction of sp³-hybridized carbons (Fsp3) is 0.273. The Morgan fingerprint density at radius 1 is 1.08 bits per heavy atom. The summed E-state index contributed by atoms with van der Waals surface area (Å²) in [5.41, 5.74) is 2.01. The van der Waals surface area contributed by atoms with Crippen LogP contribution in [-0.4, -0.2) is 0 Å². The van der Waals surface area contributed by atoms with Gasteiger partial charge in [-0.1, -0.05) is 39.7 Å². The first-order valence-corrected chi connectivity index (χ1v) is 4.09. The minimum Gasteiger partial charge on any atom is -0.362 e. The molecule has 0 aromatic heterocycles. The second-order valence-electron chi connectivity index (χ2n) is 1.85. The van der Waals surface area contributed by atoms with Gasteiger partial charge < -0.3 is 5.32 Å². The Hall–Kier alpha value is -1.24. The molecule has 12 heavy (non-hydrogen) atoms. The lowest BCUT2D eigenvalue weighted by molar-refractivity contribution is 1.09. The number of hydrogen-bond donors (Lipinski definition) is 1. The summed E-state index contributed by atoms with van der Waals surface area (Å²) in [6.45, 7) is 16.8. The van der Waals surface area contributed by atoms with Gasteiger partial charge in [0.1, 0.15) is 0 Å². The molecule has 0 saturated carbocycles. The summed E-state index contributed by atoms with van der Waals surface area (Å²) >= 11 is 0. The molecule has 0 aromatic rings. The number of rotatable bonds is 4. The molecule has 0 radical (unpaired) electrons. The van der Waals surface area contributed by atoms with Crippen molar-refractivity contribution in [3.63, 3.8) is 0 Å². The Kier molecular flexibility index (Phi) is 10.9. The average Bonchev–Trinajstić information content (AvgIpc) is 2.16. The smallest absolute Gasteiger partial charge is 0.0403 e. The topological polar surface area (TPSA) is 12.0 Å². The Bertz CT molecular complexity index is 175. The zero-order chi connectivity index (χ0) is 9.98. The van der Waals surface area contributed by atoms with E-state index in [2.05, 4.69) is 25.1 Å². The predicted octanol–water partition coefficient (Wildman–Crippen LogP) is 3.39. The van der Waals surface area contributed by atoms with E-state index < -0.39 is 0 Å². The van der Waals surface area contributed by atoms with Crippen LogP contribution >= 0.6 is 0 Å². The van der Waals surface area contributed by atoms with E-state index in [9.17, 15) is 0 Å². The number of hydrogen-bond acceptors (Lipinski definition) is 1. The highest BCUT2D eigenvalue weighted by atomic mass is 14.8. The van der Waals surface area contributed by atoms with Crippen LogP contribution in [-0.2, 0) is 0 Å². The van der Waals surface area contributed by atoms with Crippen molar-refractivity contribution in [1.29, 1.82) is 0 Å². The van der Waals surface area contributed by atoms with Crippen LogP contribution in [0.25, 0.3) is 0 Å². The van der Waals surface area contributed by atoms with E-state index in [0.29, 0.717) is 0 Å². The molecule has 1 nitrogen and oxygen atoms in total. The Labute approximate surface area is 76.2 Å². The fourth-order valence-electron chi connectivity index (χ4n) is 0.554. The molecule has 0 aliphatic heterocycles. The maximum Gasteiger partial charge on any atom is 0.0403 e. The van der Waals surface area contributed by atoms with Crippen LogP contribution in [0.15, 0.2) is 49.4 Å². The third-order valence-electron chi connectivity index (χ3n) is 1.19. The van der Waals surface area contributed by atoms with Crippen molar-refractivity contribution in [3.8, 4) is 0 Å². The van der Waals surface area contributed by atoms with Gasteiger partial charge in [0.15, 0.2) is 0 Å². The van der Waals surface area contributed by atoms with Gasteiger partial charge in [0.2, 0.25) is 0 Å². The molecule has 0 rings (SSSR count). The zero-order valence-electron chi connectivity index (χ0n) is 8.35. The van der Waals surface area contributed by atoms with Gasteiger partial charge in [-0.05, 0) is 24.8 Å². The minimum atomic E-state index is 0.949. The van der Waals surface area contributed by atoms with Crippen LogP contribution in [0.5, 0.6) is 0 Å². The summed E-state index contributed by atoms with van der Waals surface area (Å²) in [5.74, 6) is 0. The first-order valence-electron chi connectivity index (χ1n) is 4.09. The molecule has 0 spiro atoms. The maximum atomic E-state index is 3.63. The highest BCUT2D eigenvalue weighted by molar-refractivity contribution is 5.28. The monoisotopic (exact) mass is 165 g/mol. The van der Waals surface area contributed by atoms with Gasteiger partial charge in [-0.15, -0.1) is 0 Å². The van der Waals surface area contributed by atoms with E-state index in [-0.39, 0.29) is 0 Å². The lowest BCUT2D eigenvalue weighted by Gasteiger charge is -2.02. The Morgan fingerprint density at radius 3 is 1.83 bits per heavy atom. The number of allylic oxidation sites excluding steroid dienone is 3. The molecule has 0 unspecified atom stereocenters. The molecule has 0 heterocycles. The van der Waals surface area contributed by atoms with Gasteiger partial charge in [-0.2, -0.15) is 0 Å². The molecular formula is C11H19N. The average molecular weight is 165 g/mol. The molecule has 0 amide bonds. The fourth-order valence-corrected chi connectivity index (χ4v) is 0.554. The van der Waals surface area contributed by atoms with E-state index in [4.69, 9.17) is 0 Å². The van der Waals surface area contributed by atoms with Crippen LogP contribution in [0.4, 0.5) is 0 Å². The summed E-state index contributed by atoms with van der Waals surface area (Å²) in [5, 5.41) is 2.94. The highest BCUT2D eigenvalue weighted by Gasteiger charge is 1.88. The molecule has 0 aliphatic carbocycles. The molecule has 1 N–H and O–H groups in total. The van der Waals surface area contributed by atoms with Crippen molar-refractivity contribution in [1.82, 2.24) is 5.32 Å². The van der Waals surface area contributed by atoms with Crippen LogP contribution in [0.3, 0.4) is 0 Å². The normalized spacial score (nSPS) is 9.92. The summed E-state index contributed by atoms with van der Waals surface area (Å²) < 4.78 is 0. The molecule has 0 aliphatic rings. The minimum absolute atomic E-state index is 0.949. The molecule has 1 heteroatoms.